The monoisotopic (exact) mass is 243 g/mol. The maximum absolute atomic E-state index is 4.34. The van der Waals surface area contributed by atoms with Crippen LogP contribution in [0.15, 0.2) is 18.2 Å². The molecule has 0 saturated heterocycles. The molecule has 3 rings (SSSR count). The predicted octanol–water partition coefficient (Wildman–Crippen LogP) is 4.18. The van der Waals surface area contributed by atoms with Crippen molar-refractivity contribution < 1.29 is 0 Å². The SMILES string of the molecule is c1cc(C2CCCCCCCC2)c2n[nH]nc2c1. The van der Waals surface area contributed by atoms with Crippen molar-refractivity contribution in [3.05, 3.63) is 23.8 Å². The fourth-order valence-electron chi connectivity index (χ4n) is 3.16. The van der Waals surface area contributed by atoms with E-state index in [1.165, 1.54) is 56.9 Å². The van der Waals surface area contributed by atoms with Crippen LogP contribution in [-0.4, -0.2) is 15.4 Å². The average molecular weight is 243 g/mol. The molecular weight excluding hydrogens is 222 g/mol. The molecule has 2 aromatic rings. The number of aromatic amines is 1. The minimum Gasteiger partial charge on any atom is -0.197 e. The highest BCUT2D eigenvalue weighted by atomic mass is 15.3. The summed E-state index contributed by atoms with van der Waals surface area (Å²) in [6.07, 6.45) is 11.0. The lowest BCUT2D eigenvalue weighted by molar-refractivity contribution is 0.542. The summed E-state index contributed by atoms with van der Waals surface area (Å²) in [7, 11) is 0. The number of benzene rings is 1. The van der Waals surface area contributed by atoms with Crippen molar-refractivity contribution in [1.82, 2.24) is 15.4 Å². The van der Waals surface area contributed by atoms with Crippen LogP contribution in [0.3, 0.4) is 0 Å². The van der Waals surface area contributed by atoms with Gasteiger partial charge in [0.2, 0.25) is 0 Å². The Labute approximate surface area is 108 Å². The fourth-order valence-corrected chi connectivity index (χ4v) is 3.16. The molecule has 0 spiro atoms. The molecule has 0 unspecified atom stereocenters. The number of para-hydroxylation sites is 1. The van der Waals surface area contributed by atoms with Gasteiger partial charge in [-0.25, -0.2) is 0 Å². The van der Waals surface area contributed by atoms with Gasteiger partial charge in [0.15, 0.2) is 0 Å². The maximum Gasteiger partial charge on any atom is 0.116 e. The second kappa shape index (κ2) is 5.51. The number of aromatic nitrogens is 3. The van der Waals surface area contributed by atoms with E-state index >= 15 is 0 Å². The van der Waals surface area contributed by atoms with Gasteiger partial charge in [0.25, 0.3) is 0 Å². The molecule has 1 heterocycles. The largest absolute Gasteiger partial charge is 0.197 e. The number of H-pyrrole nitrogens is 1. The topological polar surface area (TPSA) is 41.6 Å². The third kappa shape index (κ3) is 2.40. The standard InChI is InChI=1S/C15H21N3/c1-2-4-6-9-12(8-5-3-1)13-10-7-11-14-15(13)17-18-16-14/h7,10-12H,1-6,8-9H2,(H,16,17,18). The maximum atomic E-state index is 4.34. The second-order valence-corrected chi connectivity index (χ2v) is 5.43. The lowest BCUT2D eigenvalue weighted by Gasteiger charge is -2.16. The molecule has 0 bridgehead atoms. The van der Waals surface area contributed by atoms with Crippen molar-refractivity contribution in [3.63, 3.8) is 0 Å². The summed E-state index contributed by atoms with van der Waals surface area (Å²) in [6.45, 7) is 0. The first-order valence-electron chi connectivity index (χ1n) is 7.24. The molecule has 1 saturated carbocycles. The Morgan fingerprint density at radius 1 is 0.889 bits per heavy atom. The number of rotatable bonds is 1. The Hall–Kier alpha value is -1.38. The molecular formula is C15H21N3. The van der Waals surface area contributed by atoms with Gasteiger partial charge in [-0.3, -0.25) is 0 Å². The lowest BCUT2D eigenvalue weighted by atomic mass is 9.89. The van der Waals surface area contributed by atoms with Gasteiger partial charge in [-0.1, -0.05) is 50.7 Å². The van der Waals surface area contributed by atoms with Crippen LogP contribution < -0.4 is 0 Å². The Bertz CT molecular complexity index is 493. The van der Waals surface area contributed by atoms with E-state index in [-0.39, 0.29) is 0 Å². The summed E-state index contributed by atoms with van der Waals surface area (Å²) >= 11 is 0. The number of fused-ring (bicyclic) bond motifs is 1. The summed E-state index contributed by atoms with van der Waals surface area (Å²) in [6, 6.07) is 6.40. The van der Waals surface area contributed by atoms with Gasteiger partial charge >= 0.3 is 0 Å². The first kappa shape index (κ1) is 11.7. The van der Waals surface area contributed by atoms with Crippen LogP contribution in [0, 0.1) is 0 Å². The van der Waals surface area contributed by atoms with E-state index in [1.54, 1.807) is 0 Å². The molecule has 18 heavy (non-hydrogen) atoms. The Morgan fingerprint density at radius 2 is 1.61 bits per heavy atom. The Morgan fingerprint density at radius 3 is 2.39 bits per heavy atom. The van der Waals surface area contributed by atoms with Gasteiger partial charge in [0.1, 0.15) is 11.0 Å². The van der Waals surface area contributed by atoms with E-state index in [4.69, 9.17) is 0 Å². The highest BCUT2D eigenvalue weighted by Crippen LogP contribution is 2.33. The molecule has 1 fully saturated rings. The summed E-state index contributed by atoms with van der Waals surface area (Å²) in [4.78, 5) is 0. The zero-order valence-electron chi connectivity index (χ0n) is 10.9. The number of nitrogens with one attached hydrogen (secondary N) is 1. The molecule has 3 heteroatoms. The van der Waals surface area contributed by atoms with Gasteiger partial charge < -0.3 is 0 Å². The molecule has 3 nitrogen and oxygen atoms in total. The van der Waals surface area contributed by atoms with Crippen molar-refractivity contribution in [1.29, 1.82) is 0 Å². The van der Waals surface area contributed by atoms with Crippen molar-refractivity contribution >= 4 is 11.0 Å². The van der Waals surface area contributed by atoms with Crippen LogP contribution in [0.25, 0.3) is 11.0 Å². The smallest absolute Gasteiger partial charge is 0.116 e. The van der Waals surface area contributed by atoms with Crippen molar-refractivity contribution in [2.24, 2.45) is 0 Å². The Kier molecular flexibility index (Phi) is 3.58. The Balaban J connectivity index is 1.88. The second-order valence-electron chi connectivity index (χ2n) is 5.43. The molecule has 1 aliphatic carbocycles. The van der Waals surface area contributed by atoms with E-state index < -0.39 is 0 Å². The zero-order chi connectivity index (χ0) is 12.2. The number of nitrogens with zero attached hydrogens (tertiary/aromatic N) is 2. The van der Waals surface area contributed by atoms with Crippen LogP contribution in [0.2, 0.25) is 0 Å². The summed E-state index contributed by atoms with van der Waals surface area (Å²) in [5.41, 5.74) is 3.50. The molecule has 96 valence electrons. The van der Waals surface area contributed by atoms with Gasteiger partial charge in [-0.05, 0) is 30.4 Å². The van der Waals surface area contributed by atoms with Crippen LogP contribution in [0.4, 0.5) is 0 Å². The molecule has 1 N–H and O–H groups in total. The van der Waals surface area contributed by atoms with Gasteiger partial charge in [-0.15, -0.1) is 0 Å². The molecule has 0 atom stereocenters. The number of hydrogen-bond acceptors (Lipinski definition) is 2. The first-order chi connectivity index (χ1) is 8.95. The van der Waals surface area contributed by atoms with E-state index in [2.05, 4.69) is 27.5 Å². The lowest BCUT2D eigenvalue weighted by Crippen LogP contribution is -2.00. The third-order valence-corrected chi connectivity index (χ3v) is 4.17. The van der Waals surface area contributed by atoms with Crippen molar-refractivity contribution in [2.75, 3.05) is 0 Å². The van der Waals surface area contributed by atoms with Gasteiger partial charge in [0.05, 0.1) is 0 Å². The van der Waals surface area contributed by atoms with E-state index in [9.17, 15) is 0 Å². The summed E-state index contributed by atoms with van der Waals surface area (Å²) in [5, 5.41) is 11.3. The van der Waals surface area contributed by atoms with E-state index in [0.717, 1.165) is 11.0 Å². The van der Waals surface area contributed by atoms with E-state index in [0.29, 0.717) is 5.92 Å². The third-order valence-electron chi connectivity index (χ3n) is 4.17. The van der Waals surface area contributed by atoms with Gasteiger partial charge in [-0.2, -0.15) is 15.4 Å². The van der Waals surface area contributed by atoms with Crippen molar-refractivity contribution in [2.45, 2.75) is 57.3 Å². The van der Waals surface area contributed by atoms with Crippen LogP contribution in [-0.2, 0) is 0 Å². The van der Waals surface area contributed by atoms with E-state index in [1.807, 2.05) is 6.07 Å². The van der Waals surface area contributed by atoms with Gasteiger partial charge in [0, 0.05) is 0 Å². The molecule has 0 amide bonds. The highest BCUT2D eigenvalue weighted by molar-refractivity contribution is 5.77. The van der Waals surface area contributed by atoms with Crippen LogP contribution >= 0.6 is 0 Å². The normalized spacial score (nSPS) is 19.3. The predicted molar refractivity (Wildman–Crippen MR) is 73.6 cm³/mol. The molecule has 1 aromatic carbocycles. The van der Waals surface area contributed by atoms with Crippen LogP contribution in [0.5, 0.6) is 0 Å². The molecule has 0 radical (unpaired) electrons. The highest BCUT2D eigenvalue weighted by Gasteiger charge is 2.16. The first-order valence-corrected chi connectivity index (χ1v) is 7.24. The molecule has 1 aliphatic rings. The molecule has 0 aliphatic heterocycles. The summed E-state index contributed by atoms with van der Waals surface area (Å²) in [5.74, 6) is 0.678. The van der Waals surface area contributed by atoms with Crippen LogP contribution in [0.1, 0.15) is 62.8 Å². The quantitative estimate of drug-likeness (QED) is 0.816. The number of hydrogen-bond donors (Lipinski definition) is 1. The molecule has 1 aromatic heterocycles. The zero-order valence-corrected chi connectivity index (χ0v) is 10.9. The van der Waals surface area contributed by atoms with Crippen molar-refractivity contribution in [3.8, 4) is 0 Å². The minimum absolute atomic E-state index is 0.678. The fraction of sp³-hybridized carbons (Fsp3) is 0.600. The average Bonchev–Trinajstić information content (AvgIpc) is 2.91. The minimum atomic E-state index is 0.678. The summed E-state index contributed by atoms with van der Waals surface area (Å²) < 4.78 is 0.